The number of hydrogen-bond acceptors (Lipinski definition) is 0. The van der Waals surface area contributed by atoms with E-state index in [0.717, 1.165) is 0 Å². The molecule has 1 aromatic heterocycles. The third-order valence-corrected chi connectivity index (χ3v) is 10.9. The lowest BCUT2D eigenvalue weighted by Gasteiger charge is -2.21. The highest BCUT2D eigenvalue weighted by Gasteiger charge is 2.19. The Morgan fingerprint density at radius 1 is 0.373 bits per heavy atom. The SMILES string of the molecule is CC(C)(C)c1ccc(-c2cc(-c3ccc(-n4c5ccccc5c5ccccc54)cc3)c3ccc4cc(-c5ccccc5)cc5ccc2c3c45)cc1. The predicted octanol–water partition coefficient (Wildman–Crippen LogP) is 14.0. The maximum atomic E-state index is 2.43. The molecule has 10 aromatic rings. The molecule has 0 spiro atoms. The molecule has 10 rings (SSSR count). The molecule has 0 saturated heterocycles. The molecule has 1 heterocycles. The number of para-hydroxylation sites is 2. The minimum atomic E-state index is 0.0981. The summed E-state index contributed by atoms with van der Waals surface area (Å²) in [5.41, 5.74) is 12.5. The number of nitrogens with zero attached hydrogens (tertiary/aromatic N) is 1. The molecule has 51 heavy (non-hydrogen) atoms. The number of hydrogen-bond donors (Lipinski definition) is 0. The molecule has 242 valence electrons. The summed E-state index contributed by atoms with van der Waals surface area (Å²) >= 11 is 0. The van der Waals surface area contributed by atoms with Crippen LogP contribution in [0.1, 0.15) is 26.3 Å². The standard InChI is InChI=1S/C50H37N/c1-50(2,3)38-23-17-33(18-24-38)44-31-45(34-19-25-39(26-20-34)51-46-15-9-7-13-40(46)41-14-8-10-16-47(41)51)43-28-22-36-30-37(32-11-5-4-6-12-32)29-35-21-27-42(44)49(43)48(35)36/h4-31H,1-3H3. The van der Waals surface area contributed by atoms with Gasteiger partial charge < -0.3 is 4.57 Å². The van der Waals surface area contributed by atoms with Crippen LogP contribution in [0.3, 0.4) is 0 Å². The first-order chi connectivity index (χ1) is 24.9. The van der Waals surface area contributed by atoms with E-state index in [-0.39, 0.29) is 5.41 Å². The van der Waals surface area contributed by atoms with Crippen molar-refractivity contribution in [3.63, 3.8) is 0 Å². The van der Waals surface area contributed by atoms with E-state index in [1.54, 1.807) is 0 Å². The van der Waals surface area contributed by atoms with Crippen molar-refractivity contribution in [2.75, 3.05) is 0 Å². The van der Waals surface area contributed by atoms with Crippen LogP contribution in [0.5, 0.6) is 0 Å². The Labute approximate surface area is 298 Å². The van der Waals surface area contributed by atoms with E-state index in [0.29, 0.717) is 0 Å². The van der Waals surface area contributed by atoms with Crippen LogP contribution in [0.4, 0.5) is 0 Å². The van der Waals surface area contributed by atoms with E-state index >= 15 is 0 Å². The minimum absolute atomic E-state index is 0.0981. The second kappa shape index (κ2) is 11.2. The normalized spacial score (nSPS) is 12.2. The van der Waals surface area contributed by atoms with Crippen LogP contribution < -0.4 is 0 Å². The largest absolute Gasteiger partial charge is 0.309 e. The third-order valence-electron chi connectivity index (χ3n) is 10.9. The summed E-state index contributed by atoms with van der Waals surface area (Å²) in [5.74, 6) is 0. The zero-order chi connectivity index (χ0) is 34.3. The Kier molecular flexibility index (Phi) is 6.51. The van der Waals surface area contributed by atoms with Crippen LogP contribution >= 0.6 is 0 Å². The smallest absolute Gasteiger partial charge is 0.0541 e. The Balaban J connectivity index is 1.20. The zero-order valence-corrected chi connectivity index (χ0v) is 29.1. The van der Waals surface area contributed by atoms with E-state index in [1.807, 2.05) is 0 Å². The lowest BCUT2D eigenvalue weighted by Crippen LogP contribution is -2.10. The van der Waals surface area contributed by atoms with Gasteiger partial charge in [-0.25, -0.2) is 0 Å². The van der Waals surface area contributed by atoms with Crippen LogP contribution in [0.15, 0.2) is 170 Å². The molecule has 0 radical (unpaired) electrons. The highest BCUT2D eigenvalue weighted by atomic mass is 15.0. The molecule has 0 unspecified atom stereocenters. The van der Waals surface area contributed by atoms with Gasteiger partial charge >= 0.3 is 0 Å². The van der Waals surface area contributed by atoms with Gasteiger partial charge in [-0.2, -0.15) is 0 Å². The molecule has 0 fully saturated rings. The molecule has 1 heteroatoms. The van der Waals surface area contributed by atoms with Gasteiger partial charge in [0.2, 0.25) is 0 Å². The summed E-state index contributed by atoms with van der Waals surface area (Å²) < 4.78 is 2.39. The number of rotatable bonds is 4. The van der Waals surface area contributed by atoms with Gasteiger partial charge in [-0.1, -0.05) is 148 Å². The summed E-state index contributed by atoms with van der Waals surface area (Å²) in [6.45, 7) is 6.84. The van der Waals surface area contributed by atoms with Crippen molar-refractivity contribution in [2.45, 2.75) is 26.2 Å². The van der Waals surface area contributed by atoms with E-state index in [1.165, 1.54) is 98.8 Å². The van der Waals surface area contributed by atoms with Gasteiger partial charge in [0.1, 0.15) is 0 Å². The fourth-order valence-electron chi connectivity index (χ4n) is 8.33. The maximum absolute atomic E-state index is 2.43. The minimum Gasteiger partial charge on any atom is -0.309 e. The van der Waals surface area contributed by atoms with Crippen molar-refractivity contribution in [1.29, 1.82) is 0 Å². The highest BCUT2D eigenvalue weighted by Crippen LogP contribution is 2.45. The Hall–Kier alpha value is -6.18. The summed E-state index contributed by atoms with van der Waals surface area (Å²) in [5, 5.41) is 10.4. The molecule has 0 N–H and O–H groups in total. The molecule has 0 saturated carbocycles. The Morgan fingerprint density at radius 2 is 0.882 bits per heavy atom. The van der Waals surface area contributed by atoms with E-state index in [2.05, 4.69) is 195 Å². The summed E-state index contributed by atoms with van der Waals surface area (Å²) in [7, 11) is 0. The third kappa shape index (κ3) is 4.69. The second-order valence-electron chi connectivity index (χ2n) is 15.0. The van der Waals surface area contributed by atoms with Crippen molar-refractivity contribution < 1.29 is 0 Å². The molecule has 0 amide bonds. The molecular weight excluding hydrogens is 615 g/mol. The van der Waals surface area contributed by atoms with Gasteiger partial charge in [0.15, 0.2) is 0 Å². The Morgan fingerprint density at radius 3 is 1.43 bits per heavy atom. The lowest BCUT2D eigenvalue weighted by molar-refractivity contribution is 0.590. The first-order valence-electron chi connectivity index (χ1n) is 17.9. The second-order valence-corrected chi connectivity index (χ2v) is 15.0. The van der Waals surface area contributed by atoms with Gasteiger partial charge in [0, 0.05) is 16.5 Å². The molecule has 0 aliphatic carbocycles. The fourth-order valence-corrected chi connectivity index (χ4v) is 8.33. The van der Waals surface area contributed by atoms with Crippen molar-refractivity contribution in [3.8, 4) is 39.1 Å². The fraction of sp³-hybridized carbons (Fsp3) is 0.0800. The number of aromatic nitrogens is 1. The summed E-state index contributed by atoms with van der Waals surface area (Å²) in [6.07, 6.45) is 0. The lowest BCUT2D eigenvalue weighted by atomic mass is 9.83. The summed E-state index contributed by atoms with van der Waals surface area (Å²) in [6, 6.07) is 63.1. The van der Waals surface area contributed by atoms with Gasteiger partial charge in [-0.15, -0.1) is 0 Å². The molecule has 0 atom stereocenters. The van der Waals surface area contributed by atoms with E-state index < -0.39 is 0 Å². The van der Waals surface area contributed by atoms with Gasteiger partial charge in [0.05, 0.1) is 11.0 Å². The molecular formula is C50H37N. The number of benzene rings is 9. The molecule has 1 nitrogen and oxygen atoms in total. The topological polar surface area (TPSA) is 4.93 Å². The van der Waals surface area contributed by atoms with Gasteiger partial charge in [0.25, 0.3) is 0 Å². The number of fused-ring (bicyclic) bond motifs is 3. The van der Waals surface area contributed by atoms with E-state index in [9.17, 15) is 0 Å². The average molecular weight is 652 g/mol. The molecule has 9 aromatic carbocycles. The van der Waals surface area contributed by atoms with Crippen LogP contribution in [-0.4, -0.2) is 4.57 Å². The summed E-state index contributed by atoms with van der Waals surface area (Å²) in [4.78, 5) is 0. The van der Waals surface area contributed by atoms with Gasteiger partial charge in [-0.3, -0.25) is 0 Å². The highest BCUT2D eigenvalue weighted by molar-refractivity contribution is 6.28. The first kappa shape index (κ1) is 29.7. The molecule has 0 aliphatic heterocycles. The van der Waals surface area contributed by atoms with Crippen LogP contribution in [-0.2, 0) is 5.41 Å². The Bertz CT molecular complexity index is 2830. The van der Waals surface area contributed by atoms with Crippen LogP contribution in [0.25, 0.3) is 93.2 Å². The zero-order valence-electron chi connectivity index (χ0n) is 29.1. The first-order valence-corrected chi connectivity index (χ1v) is 17.9. The predicted molar refractivity (Wildman–Crippen MR) is 219 cm³/mol. The van der Waals surface area contributed by atoms with Gasteiger partial charge in [-0.05, 0) is 119 Å². The van der Waals surface area contributed by atoms with Crippen molar-refractivity contribution in [3.05, 3.63) is 175 Å². The molecule has 0 aliphatic rings. The average Bonchev–Trinajstić information content (AvgIpc) is 3.51. The van der Waals surface area contributed by atoms with Crippen molar-refractivity contribution in [1.82, 2.24) is 4.57 Å². The maximum Gasteiger partial charge on any atom is 0.0541 e. The van der Waals surface area contributed by atoms with Crippen LogP contribution in [0.2, 0.25) is 0 Å². The quantitative estimate of drug-likeness (QED) is 0.167. The molecule has 0 bridgehead atoms. The monoisotopic (exact) mass is 651 g/mol. The van der Waals surface area contributed by atoms with Crippen molar-refractivity contribution >= 4 is 54.1 Å². The van der Waals surface area contributed by atoms with E-state index in [4.69, 9.17) is 0 Å². The van der Waals surface area contributed by atoms with Crippen molar-refractivity contribution in [2.24, 2.45) is 0 Å². The van der Waals surface area contributed by atoms with Crippen LogP contribution in [0, 0.1) is 0 Å².